The van der Waals surface area contributed by atoms with Crippen LogP contribution in [0.5, 0.6) is 11.5 Å². The molecule has 7 nitrogen and oxygen atoms in total. The van der Waals surface area contributed by atoms with Crippen molar-refractivity contribution in [3.05, 3.63) is 52.7 Å². The fraction of sp³-hybridized carbons (Fsp3) is 0.0952. The van der Waals surface area contributed by atoms with Gasteiger partial charge in [-0.2, -0.15) is 0 Å². The van der Waals surface area contributed by atoms with Gasteiger partial charge in [0.05, 0.1) is 27.6 Å². The highest BCUT2D eigenvalue weighted by atomic mass is 127. The monoisotopic (exact) mass is 756 g/mol. The number of carbonyl (C=O) groups excluding carboxylic acids is 3. The number of phenols is 1. The van der Waals surface area contributed by atoms with Gasteiger partial charge in [-0.1, -0.05) is 24.3 Å². The lowest BCUT2D eigenvalue weighted by Gasteiger charge is -2.19. The lowest BCUT2D eigenvalue weighted by molar-refractivity contribution is -0.115. The summed E-state index contributed by atoms with van der Waals surface area (Å²) in [6.45, 7) is 2.73. The molecule has 160 valence electrons. The molecule has 31 heavy (non-hydrogen) atoms. The number of ether oxygens (including phenoxy) is 1. The van der Waals surface area contributed by atoms with Crippen LogP contribution >= 0.6 is 67.8 Å². The minimum atomic E-state index is -0.653. The van der Waals surface area contributed by atoms with Gasteiger partial charge in [-0.05, 0) is 79.9 Å². The summed E-state index contributed by atoms with van der Waals surface area (Å²) in [5, 5.41) is 16.7. The smallest absolute Gasteiger partial charge is 0.345 e. The number of esters is 1. The van der Waals surface area contributed by atoms with E-state index in [1.54, 1.807) is 24.3 Å². The Kier molecular flexibility index (Phi) is 7.62. The fourth-order valence-electron chi connectivity index (χ4n) is 2.91. The highest BCUT2D eigenvalue weighted by Crippen LogP contribution is 2.40. The molecule has 0 fully saturated rings. The fourth-order valence-corrected chi connectivity index (χ4v) is 7.06. The van der Waals surface area contributed by atoms with Gasteiger partial charge in [0, 0.05) is 24.6 Å². The maximum Gasteiger partial charge on any atom is 0.345 e. The van der Waals surface area contributed by atoms with Crippen LogP contribution in [0.1, 0.15) is 24.2 Å². The molecule has 0 aliphatic carbocycles. The zero-order chi connectivity index (χ0) is 22.9. The van der Waals surface area contributed by atoms with Crippen LogP contribution < -0.4 is 15.4 Å². The van der Waals surface area contributed by atoms with Crippen LogP contribution in [0.4, 0.5) is 11.4 Å². The first kappa shape index (κ1) is 24.0. The molecule has 0 saturated carbocycles. The maximum absolute atomic E-state index is 13.2. The van der Waals surface area contributed by atoms with Gasteiger partial charge >= 0.3 is 5.97 Å². The number of carbonyl (C=O) groups is 3. The number of benzene rings is 3. The van der Waals surface area contributed by atoms with Crippen molar-refractivity contribution in [3.8, 4) is 11.5 Å². The topological polar surface area (TPSA) is 105 Å². The summed E-state index contributed by atoms with van der Waals surface area (Å²) >= 11 is 5.98. The zero-order valence-electron chi connectivity index (χ0n) is 16.2. The second-order valence-corrected chi connectivity index (χ2v) is 9.68. The second-order valence-electron chi connectivity index (χ2n) is 6.45. The molecule has 0 aromatic heterocycles. The van der Waals surface area contributed by atoms with E-state index in [1.807, 2.05) is 67.8 Å². The number of nitrogens with one attached hydrogen (secondary N) is 2. The Morgan fingerprint density at radius 1 is 0.806 bits per heavy atom. The third kappa shape index (κ3) is 5.05. The number of fused-ring (bicyclic) bond motifs is 1. The average Bonchev–Trinajstić information content (AvgIpc) is 2.70. The molecule has 3 aromatic rings. The van der Waals surface area contributed by atoms with Crippen LogP contribution in [0.3, 0.4) is 0 Å². The van der Waals surface area contributed by atoms with Crippen molar-refractivity contribution < 1.29 is 24.2 Å². The van der Waals surface area contributed by atoms with Gasteiger partial charge in [-0.15, -0.1) is 0 Å². The molecule has 0 aliphatic heterocycles. The number of phenolic OH excluding ortho intramolecular Hbond substituents is 1. The summed E-state index contributed by atoms with van der Waals surface area (Å²) in [6, 6.07) is 10.0. The van der Waals surface area contributed by atoms with Crippen molar-refractivity contribution >= 4 is 108 Å². The number of halogens is 3. The van der Waals surface area contributed by atoms with Crippen LogP contribution in [0.2, 0.25) is 0 Å². The van der Waals surface area contributed by atoms with Gasteiger partial charge in [0.1, 0.15) is 11.5 Å². The molecule has 3 rings (SSSR count). The lowest BCUT2D eigenvalue weighted by atomic mass is 10.1. The number of anilines is 2. The summed E-state index contributed by atoms with van der Waals surface area (Å²) in [7, 11) is 0. The van der Waals surface area contributed by atoms with E-state index in [0.29, 0.717) is 32.9 Å². The van der Waals surface area contributed by atoms with Crippen LogP contribution in [-0.4, -0.2) is 22.9 Å². The molecule has 0 spiro atoms. The molecule has 2 amide bonds. The Labute approximate surface area is 218 Å². The SMILES string of the molecule is CC(=O)Nc1c(I)c(NC(C)=O)c(I)c(C(=O)Oc2ccc(O)c3ccccc23)c1I. The summed E-state index contributed by atoms with van der Waals surface area (Å²) in [5.74, 6) is -0.913. The second kappa shape index (κ2) is 9.85. The van der Waals surface area contributed by atoms with Crippen molar-refractivity contribution in [2.45, 2.75) is 13.8 Å². The number of hydrogen-bond donors (Lipinski definition) is 3. The molecule has 0 atom stereocenters. The van der Waals surface area contributed by atoms with Crippen molar-refractivity contribution in [2.24, 2.45) is 0 Å². The molecule has 0 bridgehead atoms. The number of hydrogen-bond acceptors (Lipinski definition) is 5. The van der Waals surface area contributed by atoms with Crippen LogP contribution in [0.25, 0.3) is 10.8 Å². The van der Waals surface area contributed by atoms with E-state index >= 15 is 0 Å². The van der Waals surface area contributed by atoms with Gasteiger partial charge in [-0.3, -0.25) is 9.59 Å². The van der Waals surface area contributed by atoms with Crippen LogP contribution in [0.15, 0.2) is 36.4 Å². The Hall–Kier alpha value is -1.68. The maximum atomic E-state index is 13.2. The van der Waals surface area contributed by atoms with Crippen molar-refractivity contribution in [1.82, 2.24) is 0 Å². The van der Waals surface area contributed by atoms with Crippen molar-refractivity contribution in [2.75, 3.05) is 10.6 Å². The van der Waals surface area contributed by atoms with Gasteiger partial charge in [0.25, 0.3) is 0 Å². The first-order chi connectivity index (χ1) is 14.6. The van der Waals surface area contributed by atoms with E-state index in [-0.39, 0.29) is 28.9 Å². The molecule has 3 N–H and O–H groups in total. The predicted octanol–water partition coefficient (Wildman–Crippen LogP) is 5.50. The van der Waals surface area contributed by atoms with E-state index in [2.05, 4.69) is 10.6 Å². The molecule has 10 heteroatoms. The number of rotatable bonds is 4. The van der Waals surface area contributed by atoms with Gasteiger partial charge in [0.2, 0.25) is 11.8 Å². The molecule has 3 aromatic carbocycles. The molecule has 0 heterocycles. The predicted molar refractivity (Wildman–Crippen MR) is 144 cm³/mol. The molecule has 0 unspecified atom stereocenters. The summed E-state index contributed by atoms with van der Waals surface area (Å²) in [5.41, 5.74) is 1.05. The Morgan fingerprint density at radius 3 is 1.84 bits per heavy atom. The number of amides is 2. The molecular weight excluding hydrogens is 741 g/mol. The summed E-state index contributed by atoms with van der Waals surface area (Å²) < 4.78 is 7.28. The van der Waals surface area contributed by atoms with Gasteiger partial charge in [-0.25, -0.2) is 4.79 Å². The lowest BCUT2D eigenvalue weighted by Crippen LogP contribution is -2.20. The minimum Gasteiger partial charge on any atom is -0.507 e. The molecule has 0 saturated heterocycles. The van der Waals surface area contributed by atoms with Crippen molar-refractivity contribution in [1.29, 1.82) is 0 Å². The molecule has 0 aliphatic rings. The van der Waals surface area contributed by atoms with E-state index < -0.39 is 5.97 Å². The minimum absolute atomic E-state index is 0.0784. The molecular formula is C21H15I3N2O5. The Bertz CT molecular complexity index is 1200. The summed E-state index contributed by atoms with van der Waals surface area (Å²) in [6.07, 6.45) is 0. The Balaban J connectivity index is 2.15. The standard InChI is InChI=1S/C21H15I3N2O5/c1-9(27)25-19-16(22)15(17(23)20(18(19)24)26-10(2)28)21(30)31-14-8-7-13(29)11-5-3-4-6-12(11)14/h3-8,29H,1-2H3,(H,25,27)(H,26,28). The first-order valence-corrected chi connectivity index (χ1v) is 12.0. The summed E-state index contributed by atoms with van der Waals surface area (Å²) in [4.78, 5) is 36.7. The molecule has 0 radical (unpaired) electrons. The van der Waals surface area contributed by atoms with E-state index in [0.717, 1.165) is 0 Å². The van der Waals surface area contributed by atoms with Crippen LogP contribution in [0, 0.1) is 10.7 Å². The third-order valence-corrected chi connectivity index (χ3v) is 7.42. The van der Waals surface area contributed by atoms with Crippen molar-refractivity contribution in [3.63, 3.8) is 0 Å². The van der Waals surface area contributed by atoms with E-state index in [9.17, 15) is 19.5 Å². The average molecular weight is 756 g/mol. The highest BCUT2D eigenvalue weighted by Gasteiger charge is 2.27. The van der Waals surface area contributed by atoms with E-state index in [4.69, 9.17) is 4.74 Å². The quantitative estimate of drug-likeness (QED) is 0.186. The number of aromatic hydroxyl groups is 1. The van der Waals surface area contributed by atoms with E-state index in [1.165, 1.54) is 26.0 Å². The zero-order valence-corrected chi connectivity index (χ0v) is 22.7. The van der Waals surface area contributed by atoms with Gasteiger partial charge in [0.15, 0.2) is 0 Å². The largest absolute Gasteiger partial charge is 0.507 e. The van der Waals surface area contributed by atoms with Crippen LogP contribution in [-0.2, 0) is 9.59 Å². The highest BCUT2D eigenvalue weighted by molar-refractivity contribution is 14.1. The third-order valence-electron chi connectivity index (χ3n) is 4.19. The first-order valence-electron chi connectivity index (χ1n) is 8.80. The van der Waals surface area contributed by atoms with Gasteiger partial charge < -0.3 is 20.5 Å². The Morgan fingerprint density at radius 2 is 1.32 bits per heavy atom. The normalized spacial score (nSPS) is 10.6.